The Hall–Kier alpha value is -13.3. The number of anilines is 2. The van der Waals surface area contributed by atoms with Gasteiger partial charge in [-0.25, -0.2) is 0 Å². The quantitative estimate of drug-likeness (QED) is 0.0504. The van der Waals surface area contributed by atoms with Crippen molar-refractivity contribution in [2.75, 3.05) is 51.3 Å². The van der Waals surface area contributed by atoms with Gasteiger partial charge in [-0.15, -0.1) is 0 Å². The zero-order chi connectivity index (χ0) is 97.4. The number of ether oxygens (including phenoxy) is 4. The summed E-state index contributed by atoms with van der Waals surface area (Å²) in [6, 6.07) is 170. The van der Waals surface area contributed by atoms with E-state index in [4.69, 9.17) is 63.8 Å². The second-order valence-electron chi connectivity index (χ2n) is 31.5. The summed E-state index contributed by atoms with van der Waals surface area (Å²) >= 11 is 18.6. The molecule has 2 aliphatic rings. The predicted molar refractivity (Wildman–Crippen MR) is 595 cm³/mol. The summed E-state index contributed by atoms with van der Waals surface area (Å²) < 4.78 is 20.5. The van der Waals surface area contributed by atoms with Crippen molar-refractivity contribution in [1.29, 1.82) is 0 Å². The van der Waals surface area contributed by atoms with E-state index < -0.39 is 38.8 Å². The SMILES string of the molecule is COc1ccc(B(O)O)cc1.COc1ccc(CN2C(=O)CN=C(Cl)c3cc(Cl)ccc32)cc1.COc1ccc(CN2C(=O)CN=C(c3ccc(OC)cc3)c3cc(Cl)ccc32)cc1.[Pd].c1ccc(P(c2ccccc2)c2ccccc2)cc1.c1ccc(P(c2ccccc2)c2ccccc2)cc1.c1ccc(P(c2ccccc2)c2ccccc2)cc1.c1ccc(P(c2ccccc2)c2ccccc2)cc1. The second-order valence-corrected chi connectivity index (χ2v) is 41.6. The van der Waals surface area contributed by atoms with Gasteiger partial charge in [0.25, 0.3) is 0 Å². The number of amides is 2. The number of aliphatic imine (C=N–C) groups is 2. The summed E-state index contributed by atoms with van der Waals surface area (Å²) in [4.78, 5) is 37.6. The number of nitrogens with zero attached hydrogens (tertiary/aromatic N) is 4. The van der Waals surface area contributed by atoms with Crippen molar-refractivity contribution in [3.05, 3.63) is 535 Å². The molecule has 0 fully saturated rings. The van der Waals surface area contributed by atoms with E-state index >= 15 is 0 Å². The molecule has 21 heteroatoms. The van der Waals surface area contributed by atoms with Gasteiger partial charge < -0.3 is 38.8 Å². The van der Waals surface area contributed by atoms with Crippen LogP contribution in [0.25, 0.3) is 0 Å². The van der Waals surface area contributed by atoms with Crippen LogP contribution in [-0.2, 0) is 43.1 Å². The van der Waals surface area contributed by atoms with Crippen molar-refractivity contribution in [3.8, 4) is 23.0 Å². The van der Waals surface area contributed by atoms with E-state index in [1.165, 1.54) is 63.7 Å². The molecule has 18 aromatic rings. The van der Waals surface area contributed by atoms with Crippen LogP contribution in [0.2, 0.25) is 10.0 Å². The van der Waals surface area contributed by atoms with Crippen molar-refractivity contribution >= 4 is 177 Å². The molecule has 0 radical (unpaired) electrons. The number of carbonyl (C=O) groups excluding carboxylic acids is 2. The Balaban J connectivity index is 0.000000140. The summed E-state index contributed by atoms with van der Waals surface area (Å²) in [5, 5.41) is 35.6. The number of benzodiazepines with no additional fused rings is 2. The van der Waals surface area contributed by atoms with Crippen molar-refractivity contribution < 1.29 is 59.0 Å². The smallest absolute Gasteiger partial charge is 0.488 e. The van der Waals surface area contributed by atoms with Crippen LogP contribution in [0.5, 0.6) is 23.0 Å². The van der Waals surface area contributed by atoms with Crippen molar-refractivity contribution in [2.45, 2.75) is 13.1 Å². The number of methoxy groups -OCH3 is 4. The number of carbonyl (C=O) groups is 2. The molecule has 0 saturated carbocycles. The van der Waals surface area contributed by atoms with Gasteiger partial charge in [-0.05, 0) is 209 Å². The Kier molecular flexibility index (Phi) is 41.4. The molecule has 2 aliphatic heterocycles. The first-order valence-corrected chi connectivity index (χ1v) is 51.9. The van der Waals surface area contributed by atoms with Gasteiger partial charge in [0.1, 0.15) is 41.3 Å². The van der Waals surface area contributed by atoms with Crippen LogP contribution in [-0.4, -0.2) is 81.4 Å². The van der Waals surface area contributed by atoms with Crippen LogP contribution in [0.4, 0.5) is 11.4 Å². The monoisotopic (exact) mass is 2070 g/mol. The molecule has 12 nitrogen and oxygen atoms in total. The molecule has 706 valence electrons. The Morgan fingerprint density at radius 3 is 0.723 bits per heavy atom. The molecule has 0 unspecified atom stereocenters. The van der Waals surface area contributed by atoms with E-state index in [9.17, 15) is 9.59 Å². The van der Waals surface area contributed by atoms with Crippen molar-refractivity contribution in [2.24, 2.45) is 9.98 Å². The number of rotatable bonds is 22. The van der Waals surface area contributed by atoms with E-state index in [1.807, 2.05) is 84.9 Å². The second kappa shape index (κ2) is 55.6. The molecule has 0 aromatic heterocycles. The Bertz CT molecular complexity index is 6040. The molecule has 2 amide bonds. The van der Waals surface area contributed by atoms with Crippen LogP contribution >= 0.6 is 66.5 Å². The molecule has 20 rings (SSSR count). The van der Waals surface area contributed by atoms with E-state index in [0.717, 1.165) is 50.9 Å². The van der Waals surface area contributed by atoms with Crippen molar-refractivity contribution in [1.82, 2.24) is 0 Å². The van der Waals surface area contributed by atoms with Crippen LogP contribution in [0.15, 0.2) is 507 Å². The van der Waals surface area contributed by atoms with Gasteiger partial charge in [-0.1, -0.05) is 435 Å². The molecule has 18 aromatic carbocycles. The molecular formula is C120H104BCl3N4O8P4Pd. The molecular weight excluding hydrogens is 1970 g/mol. The third-order valence-corrected chi connectivity index (χ3v) is 32.8. The molecule has 0 atom stereocenters. The van der Waals surface area contributed by atoms with E-state index in [-0.39, 0.29) is 45.3 Å². The van der Waals surface area contributed by atoms with Crippen LogP contribution in [0.1, 0.15) is 27.8 Å². The third-order valence-electron chi connectivity index (χ3n) is 22.3. The number of benzene rings is 18. The number of hydrogen-bond donors (Lipinski definition) is 2. The summed E-state index contributed by atoms with van der Waals surface area (Å²) in [5.74, 6) is 2.83. The first-order chi connectivity index (χ1) is 68.7. The molecule has 2 N–H and O–H groups in total. The molecule has 0 bridgehead atoms. The fourth-order valence-corrected chi connectivity index (χ4v) is 25.2. The zero-order valence-electron chi connectivity index (χ0n) is 78.1. The maximum Gasteiger partial charge on any atom is 0.488 e. The van der Waals surface area contributed by atoms with Crippen LogP contribution in [0.3, 0.4) is 0 Å². The summed E-state index contributed by atoms with van der Waals surface area (Å²) in [6.45, 7) is 0.936. The number of fused-ring (bicyclic) bond motifs is 2. The van der Waals surface area contributed by atoms with Crippen molar-refractivity contribution in [3.63, 3.8) is 0 Å². The van der Waals surface area contributed by atoms with Gasteiger partial charge in [-0.2, -0.15) is 0 Å². The Morgan fingerprint density at radius 2 is 0.489 bits per heavy atom. The standard InChI is InChI=1S/C24H21ClN2O3.4C18H15P.C17H14Cl2N2O2.C7H9BO3.Pd/c1-29-19-8-3-16(4-9-19)15-27-22-12-7-18(25)13-21(22)24(26-14-23(27)28)17-5-10-20(30-2)11-6-17;4*1-4-10-16(11-5-1)19(17-12-6-2-7-13-17)18-14-8-3-9-15-18;1-23-13-5-2-11(3-6-13)10-21-15-7-4-12(18)8-14(15)17(19)20-9-16(21)22;1-11-7-4-2-6(3-5-7)8(9)10;/h3-13H,14-15H2,1-2H3;4*1-15H;2-8H,9-10H2,1H3;2-5,9-10H,1H3;. The first kappa shape index (κ1) is 105. The maximum atomic E-state index is 13.0. The van der Waals surface area contributed by atoms with Gasteiger partial charge in [0.05, 0.1) is 58.6 Å². The fraction of sp³-hybridized carbons (Fsp3) is 0.0667. The van der Waals surface area contributed by atoms with Crippen LogP contribution < -0.4 is 97.9 Å². The van der Waals surface area contributed by atoms with Gasteiger partial charge in [0.15, 0.2) is 0 Å². The minimum absolute atomic E-state index is 0. The minimum Gasteiger partial charge on any atom is -0.497 e. The van der Waals surface area contributed by atoms with E-state index in [2.05, 4.69) is 374 Å². The summed E-state index contributed by atoms with van der Waals surface area (Å²) in [6.07, 6.45) is 0. The fourth-order valence-electron chi connectivity index (χ4n) is 15.4. The Labute approximate surface area is 861 Å². The molecule has 2 heterocycles. The topological polar surface area (TPSA) is 143 Å². The van der Waals surface area contributed by atoms with E-state index in [1.54, 1.807) is 86.8 Å². The third kappa shape index (κ3) is 30.4. The van der Waals surface area contributed by atoms with Gasteiger partial charge >= 0.3 is 7.12 Å². The first-order valence-electron chi connectivity index (χ1n) is 45.4. The molecule has 0 spiro atoms. The molecule has 141 heavy (non-hydrogen) atoms. The average Bonchev–Trinajstić information content (AvgIpc) is 1.69. The average molecular weight is 2080 g/mol. The van der Waals surface area contributed by atoms with Gasteiger partial charge in [0.2, 0.25) is 11.8 Å². The predicted octanol–water partition coefficient (Wildman–Crippen LogP) is 21.8. The summed E-state index contributed by atoms with van der Waals surface area (Å²) in [5.41, 5.74) is 7.07. The number of hydrogen-bond acceptors (Lipinski definition) is 10. The van der Waals surface area contributed by atoms with Gasteiger partial charge in [0, 0.05) is 47.2 Å². The zero-order valence-corrected chi connectivity index (χ0v) is 85.5. The maximum absolute atomic E-state index is 13.0. The summed E-state index contributed by atoms with van der Waals surface area (Å²) in [7, 11) is 3.25. The largest absolute Gasteiger partial charge is 0.497 e. The van der Waals surface area contributed by atoms with Crippen LogP contribution in [0, 0.1) is 0 Å². The number of halogens is 3. The normalized spacial score (nSPS) is 11.6. The van der Waals surface area contributed by atoms with Gasteiger partial charge in [-0.3, -0.25) is 19.6 Å². The Morgan fingerprint density at radius 1 is 0.277 bits per heavy atom. The van der Waals surface area contributed by atoms with E-state index in [0.29, 0.717) is 50.8 Å². The minimum atomic E-state index is -1.40. The molecule has 0 aliphatic carbocycles. The molecule has 0 saturated heterocycles.